The number of carbonyl (C=O) groups is 1. The van der Waals surface area contributed by atoms with E-state index in [2.05, 4.69) is 31.2 Å². The van der Waals surface area contributed by atoms with E-state index in [0.717, 1.165) is 4.47 Å². The lowest BCUT2D eigenvalue weighted by Crippen LogP contribution is -2.22. The first-order valence-electron chi connectivity index (χ1n) is 8.55. The number of hydrogen-bond donors (Lipinski definition) is 1. The van der Waals surface area contributed by atoms with Gasteiger partial charge in [-0.3, -0.25) is 14.2 Å². The van der Waals surface area contributed by atoms with E-state index >= 15 is 0 Å². The maximum Gasteiger partial charge on any atom is 0.267 e. The van der Waals surface area contributed by atoms with Crippen LogP contribution in [0, 0.1) is 6.92 Å². The normalized spacial score (nSPS) is 10.8. The molecule has 0 saturated carbocycles. The molecule has 0 aliphatic heterocycles. The quantitative estimate of drug-likeness (QED) is 0.526. The van der Waals surface area contributed by atoms with Gasteiger partial charge >= 0.3 is 0 Å². The van der Waals surface area contributed by atoms with Crippen molar-refractivity contribution in [3.8, 4) is 5.69 Å². The number of nitrogens with zero attached hydrogens (tertiary/aromatic N) is 3. The number of hydrogen-bond acceptors (Lipinski definition) is 4. The van der Waals surface area contributed by atoms with Gasteiger partial charge in [-0.1, -0.05) is 28.1 Å². The summed E-state index contributed by atoms with van der Waals surface area (Å²) in [5, 5.41) is 3.31. The Kier molecular flexibility index (Phi) is 4.75. The molecule has 0 aliphatic carbocycles. The summed E-state index contributed by atoms with van der Waals surface area (Å²) < 4.78 is 2.34. The predicted molar refractivity (Wildman–Crippen MR) is 112 cm³/mol. The zero-order valence-electron chi connectivity index (χ0n) is 14.9. The molecule has 0 spiro atoms. The minimum absolute atomic E-state index is 0.203. The summed E-state index contributed by atoms with van der Waals surface area (Å²) in [6.07, 6.45) is 1.61. The largest absolute Gasteiger partial charge is 0.322 e. The van der Waals surface area contributed by atoms with Crippen LogP contribution in [0.3, 0.4) is 0 Å². The summed E-state index contributed by atoms with van der Waals surface area (Å²) in [5.74, 6) is 0.287. The third-order valence-corrected chi connectivity index (χ3v) is 4.75. The molecule has 6 nitrogen and oxygen atoms in total. The number of halogens is 1. The second kappa shape index (κ2) is 7.36. The van der Waals surface area contributed by atoms with E-state index in [4.69, 9.17) is 0 Å². The Bertz CT molecular complexity index is 1270. The van der Waals surface area contributed by atoms with Crippen LogP contribution < -0.4 is 10.9 Å². The monoisotopic (exact) mass is 434 g/mol. The molecule has 138 valence electrons. The molecular weight excluding hydrogens is 420 g/mol. The first-order valence-corrected chi connectivity index (χ1v) is 9.34. The molecule has 0 fully saturated rings. The molecule has 7 heteroatoms. The van der Waals surface area contributed by atoms with Crippen LogP contribution in [0.5, 0.6) is 0 Å². The van der Waals surface area contributed by atoms with Gasteiger partial charge in [0.15, 0.2) is 5.65 Å². The Morgan fingerprint density at radius 3 is 2.71 bits per heavy atom. The number of anilines is 1. The molecule has 1 N–H and O–H groups in total. The number of fused-ring (bicyclic) bond motifs is 1. The third kappa shape index (κ3) is 3.44. The number of aryl methyl sites for hydroxylation is 1. The van der Waals surface area contributed by atoms with Crippen molar-refractivity contribution in [2.75, 3.05) is 5.32 Å². The molecule has 0 aliphatic rings. The summed E-state index contributed by atoms with van der Waals surface area (Å²) >= 11 is 3.36. The van der Waals surface area contributed by atoms with E-state index in [0.29, 0.717) is 33.8 Å². The van der Waals surface area contributed by atoms with E-state index < -0.39 is 0 Å². The fraction of sp³-hybridized carbons (Fsp3) is 0.0476. The summed E-state index contributed by atoms with van der Waals surface area (Å²) in [7, 11) is 0. The lowest BCUT2D eigenvalue weighted by atomic mass is 10.2. The van der Waals surface area contributed by atoms with Crippen LogP contribution in [0.15, 0.2) is 76.1 Å². The molecule has 0 unspecified atom stereocenters. The summed E-state index contributed by atoms with van der Waals surface area (Å²) in [5.41, 5.74) is 1.95. The van der Waals surface area contributed by atoms with E-state index in [9.17, 15) is 9.59 Å². The van der Waals surface area contributed by atoms with Crippen molar-refractivity contribution in [2.45, 2.75) is 6.92 Å². The van der Waals surface area contributed by atoms with Crippen LogP contribution in [0.25, 0.3) is 16.7 Å². The molecular formula is C21H15BrN4O2. The second-order valence-corrected chi connectivity index (χ2v) is 7.10. The highest BCUT2D eigenvalue weighted by atomic mass is 79.9. The number of nitrogens with one attached hydrogen (secondary N) is 1. The van der Waals surface area contributed by atoms with Gasteiger partial charge in [0.25, 0.3) is 11.5 Å². The second-order valence-electron chi connectivity index (χ2n) is 6.19. The Hall–Kier alpha value is -3.32. The van der Waals surface area contributed by atoms with Gasteiger partial charge < -0.3 is 5.32 Å². The van der Waals surface area contributed by atoms with Crippen molar-refractivity contribution in [1.29, 1.82) is 0 Å². The molecule has 2 heterocycles. The van der Waals surface area contributed by atoms with Gasteiger partial charge in [-0.2, -0.15) is 0 Å². The number of amides is 1. The van der Waals surface area contributed by atoms with Crippen LogP contribution in [0.4, 0.5) is 5.69 Å². The van der Waals surface area contributed by atoms with Crippen molar-refractivity contribution < 1.29 is 4.79 Å². The summed E-state index contributed by atoms with van der Waals surface area (Å²) in [6, 6.07) is 17.6. The zero-order valence-corrected chi connectivity index (χ0v) is 16.5. The maximum absolute atomic E-state index is 12.9. The minimum atomic E-state index is -0.233. The van der Waals surface area contributed by atoms with Gasteiger partial charge in [0, 0.05) is 21.9 Å². The number of carbonyl (C=O) groups excluding carboxylic acids is 1. The van der Waals surface area contributed by atoms with Crippen LogP contribution in [-0.4, -0.2) is 20.4 Å². The van der Waals surface area contributed by atoms with E-state index in [1.54, 1.807) is 67.7 Å². The van der Waals surface area contributed by atoms with Crippen molar-refractivity contribution in [3.63, 3.8) is 0 Å². The van der Waals surface area contributed by atoms with E-state index in [1.165, 1.54) is 4.57 Å². The number of pyridine rings is 1. The maximum atomic E-state index is 12.9. The number of aromatic nitrogens is 3. The first kappa shape index (κ1) is 18.1. The Labute approximate surface area is 169 Å². The average molecular weight is 435 g/mol. The SMILES string of the molecule is Cc1nc2ncccc2c(=O)n1-c1cccc(NC(=O)c2cccc(Br)c2)c1. The van der Waals surface area contributed by atoms with E-state index in [1.807, 2.05) is 6.07 Å². The van der Waals surface area contributed by atoms with Crippen LogP contribution in [0.2, 0.25) is 0 Å². The summed E-state index contributed by atoms with van der Waals surface area (Å²) in [4.78, 5) is 34.0. The van der Waals surface area contributed by atoms with Crippen molar-refractivity contribution in [1.82, 2.24) is 14.5 Å². The highest BCUT2D eigenvalue weighted by Crippen LogP contribution is 2.18. The van der Waals surface area contributed by atoms with Gasteiger partial charge in [0.05, 0.1) is 11.1 Å². The standard InChI is InChI=1S/C21H15BrN4O2/c1-13-24-19-18(9-4-10-23-19)21(28)26(13)17-8-3-7-16(12-17)25-20(27)14-5-2-6-15(22)11-14/h2-12H,1H3,(H,25,27). The molecule has 0 saturated heterocycles. The summed E-state index contributed by atoms with van der Waals surface area (Å²) in [6.45, 7) is 1.75. The Morgan fingerprint density at radius 2 is 1.89 bits per heavy atom. The Morgan fingerprint density at radius 1 is 1.07 bits per heavy atom. The van der Waals surface area contributed by atoms with Gasteiger partial charge in [-0.05, 0) is 55.5 Å². The fourth-order valence-corrected chi connectivity index (χ4v) is 3.38. The predicted octanol–water partition coefficient (Wildman–Crippen LogP) is 4.10. The van der Waals surface area contributed by atoms with Gasteiger partial charge in [-0.25, -0.2) is 9.97 Å². The minimum Gasteiger partial charge on any atom is -0.322 e. The topological polar surface area (TPSA) is 76.9 Å². The van der Waals surface area contributed by atoms with Crippen LogP contribution in [-0.2, 0) is 0 Å². The molecule has 4 aromatic rings. The van der Waals surface area contributed by atoms with Crippen molar-refractivity contribution in [2.24, 2.45) is 0 Å². The molecule has 2 aromatic heterocycles. The third-order valence-electron chi connectivity index (χ3n) is 4.26. The van der Waals surface area contributed by atoms with Crippen LogP contribution >= 0.6 is 15.9 Å². The number of benzene rings is 2. The van der Waals surface area contributed by atoms with E-state index in [-0.39, 0.29) is 11.5 Å². The molecule has 1 amide bonds. The zero-order chi connectivity index (χ0) is 19.7. The fourth-order valence-electron chi connectivity index (χ4n) is 2.98. The smallest absolute Gasteiger partial charge is 0.267 e. The lowest BCUT2D eigenvalue weighted by Gasteiger charge is -2.12. The average Bonchev–Trinajstić information content (AvgIpc) is 2.68. The Balaban J connectivity index is 1.73. The highest BCUT2D eigenvalue weighted by molar-refractivity contribution is 9.10. The first-order chi connectivity index (χ1) is 13.5. The van der Waals surface area contributed by atoms with Gasteiger partial charge in [0.1, 0.15) is 5.82 Å². The lowest BCUT2D eigenvalue weighted by molar-refractivity contribution is 0.102. The van der Waals surface area contributed by atoms with Crippen LogP contribution in [0.1, 0.15) is 16.2 Å². The highest BCUT2D eigenvalue weighted by Gasteiger charge is 2.12. The van der Waals surface area contributed by atoms with Crippen molar-refractivity contribution >= 4 is 38.6 Å². The molecule has 4 rings (SSSR count). The molecule has 2 aromatic carbocycles. The number of rotatable bonds is 3. The molecule has 0 bridgehead atoms. The molecule has 28 heavy (non-hydrogen) atoms. The van der Waals surface area contributed by atoms with Crippen molar-refractivity contribution in [3.05, 3.63) is 93.1 Å². The molecule has 0 radical (unpaired) electrons. The molecule has 0 atom stereocenters. The van der Waals surface area contributed by atoms with Gasteiger partial charge in [-0.15, -0.1) is 0 Å². The van der Waals surface area contributed by atoms with Gasteiger partial charge in [0.2, 0.25) is 0 Å².